The Morgan fingerprint density at radius 2 is 1.86 bits per heavy atom. The molecule has 0 atom stereocenters. The van der Waals surface area contributed by atoms with E-state index in [1.165, 1.54) is 30.1 Å². The monoisotopic (exact) mass is 414 g/mol. The van der Waals surface area contributed by atoms with Gasteiger partial charge in [0.05, 0.1) is 13.7 Å². The van der Waals surface area contributed by atoms with Crippen molar-refractivity contribution in [3.63, 3.8) is 0 Å². The molecule has 0 aliphatic heterocycles. The van der Waals surface area contributed by atoms with Gasteiger partial charge in [-0.25, -0.2) is 4.39 Å². The lowest BCUT2D eigenvalue weighted by atomic mass is 10.1. The number of methoxy groups -OCH3 is 1. The van der Waals surface area contributed by atoms with Crippen LogP contribution in [0, 0.1) is 5.82 Å². The van der Waals surface area contributed by atoms with Crippen LogP contribution in [0.25, 0.3) is 0 Å². The molecule has 2 aromatic carbocycles. The molecule has 1 amide bonds. The molecule has 0 saturated carbocycles. The molecular weight excluding hydrogens is 391 g/mol. The summed E-state index contributed by atoms with van der Waals surface area (Å²) < 4.78 is 18.8. The molecule has 152 valence electrons. The molecule has 0 aliphatic carbocycles. The molecule has 0 unspecified atom stereocenters. The summed E-state index contributed by atoms with van der Waals surface area (Å²) in [6.07, 6.45) is 0.949. The van der Waals surface area contributed by atoms with E-state index in [9.17, 15) is 9.18 Å². The summed E-state index contributed by atoms with van der Waals surface area (Å²) in [5.41, 5.74) is 2.76. The lowest BCUT2D eigenvalue weighted by Crippen LogP contribution is -2.17. The molecule has 29 heavy (non-hydrogen) atoms. The van der Waals surface area contributed by atoms with Gasteiger partial charge in [0.2, 0.25) is 5.01 Å². The SMILES string of the molecule is CCc1ccc(NC(=O)c2nnc(CN(C)Cc3ccc(OC)c(F)c3)s2)cc1. The molecule has 1 heterocycles. The Balaban J connectivity index is 1.57. The van der Waals surface area contributed by atoms with E-state index in [-0.39, 0.29) is 17.5 Å². The first-order valence-electron chi connectivity index (χ1n) is 9.22. The maximum Gasteiger partial charge on any atom is 0.286 e. The van der Waals surface area contributed by atoms with Crippen LogP contribution >= 0.6 is 11.3 Å². The molecular formula is C21H23FN4O2S. The topological polar surface area (TPSA) is 67.4 Å². The van der Waals surface area contributed by atoms with Crippen molar-refractivity contribution in [3.8, 4) is 5.75 Å². The Hall–Kier alpha value is -2.84. The van der Waals surface area contributed by atoms with Crippen LogP contribution in [0.15, 0.2) is 42.5 Å². The van der Waals surface area contributed by atoms with Crippen molar-refractivity contribution >= 4 is 22.9 Å². The number of benzene rings is 2. The third-order valence-electron chi connectivity index (χ3n) is 4.36. The number of nitrogens with one attached hydrogen (secondary N) is 1. The van der Waals surface area contributed by atoms with Gasteiger partial charge < -0.3 is 10.1 Å². The van der Waals surface area contributed by atoms with Gasteiger partial charge in [0.15, 0.2) is 11.6 Å². The van der Waals surface area contributed by atoms with Gasteiger partial charge in [-0.05, 0) is 48.9 Å². The number of carbonyl (C=O) groups is 1. The number of aryl methyl sites for hydroxylation is 1. The van der Waals surface area contributed by atoms with Crippen molar-refractivity contribution in [3.05, 3.63) is 69.4 Å². The number of halogens is 1. The van der Waals surface area contributed by atoms with Gasteiger partial charge in [0.25, 0.3) is 5.91 Å². The van der Waals surface area contributed by atoms with Crippen LogP contribution in [0.5, 0.6) is 5.75 Å². The van der Waals surface area contributed by atoms with Crippen molar-refractivity contribution in [2.24, 2.45) is 0 Å². The lowest BCUT2D eigenvalue weighted by molar-refractivity contribution is 0.102. The van der Waals surface area contributed by atoms with E-state index in [4.69, 9.17) is 4.74 Å². The number of hydrogen-bond acceptors (Lipinski definition) is 6. The molecule has 8 heteroatoms. The number of ether oxygens (including phenoxy) is 1. The Labute approximate surface area is 173 Å². The summed E-state index contributed by atoms with van der Waals surface area (Å²) in [7, 11) is 3.34. The van der Waals surface area contributed by atoms with Crippen molar-refractivity contribution in [1.29, 1.82) is 0 Å². The normalized spacial score (nSPS) is 10.9. The van der Waals surface area contributed by atoms with Crippen molar-refractivity contribution < 1.29 is 13.9 Å². The average Bonchev–Trinajstić information content (AvgIpc) is 3.17. The molecule has 0 spiro atoms. The zero-order chi connectivity index (χ0) is 20.8. The number of anilines is 1. The fraction of sp³-hybridized carbons (Fsp3) is 0.286. The summed E-state index contributed by atoms with van der Waals surface area (Å²) in [6.45, 7) is 3.12. The van der Waals surface area contributed by atoms with E-state index in [0.29, 0.717) is 23.1 Å². The first kappa shape index (κ1) is 20.9. The number of aromatic nitrogens is 2. The second-order valence-electron chi connectivity index (χ2n) is 6.65. The smallest absolute Gasteiger partial charge is 0.286 e. The molecule has 3 aromatic rings. The Bertz CT molecular complexity index is 975. The summed E-state index contributed by atoms with van der Waals surface area (Å²) in [5, 5.41) is 12.0. The molecule has 3 rings (SSSR count). The number of carbonyl (C=O) groups excluding carboxylic acids is 1. The number of nitrogens with zero attached hydrogens (tertiary/aromatic N) is 3. The first-order chi connectivity index (χ1) is 14.0. The van der Waals surface area contributed by atoms with Crippen LogP contribution in [-0.2, 0) is 19.5 Å². The van der Waals surface area contributed by atoms with Gasteiger partial charge in [0, 0.05) is 12.2 Å². The van der Waals surface area contributed by atoms with Crippen molar-refractivity contribution in [2.75, 3.05) is 19.5 Å². The van der Waals surface area contributed by atoms with Gasteiger partial charge >= 0.3 is 0 Å². The zero-order valence-corrected chi connectivity index (χ0v) is 17.4. The molecule has 0 fully saturated rings. The molecule has 6 nitrogen and oxygen atoms in total. The summed E-state index contributed by atoms with van der Waals surface area (Å²) in [5.74, 6) is -0.446. The van der Waals surface area contributed by atoms with Crippen LogP contribution in [-0.4, -0.2) is 35.2 Å². The highest BCUT2D eigenvalue weighted by Gasteiger charge is 2.15. The Morgan fingerprint density at radius 3 is 2.52 bits per heavy atom. The molecule has 0 bridgehead atoms. The summed E-state index contributed by atoms with van der Waals surface area (Å²) in [6, 6.07) is 12.6. The van der Waals surface area contributed by atoms with Crippen molar-refractivity contribution in [2.45, 2.75) is 26.4 Å². The highest BCUT2D eigenvalue weighted by atomic mass is 32.1. The maximum atomic E-state index is 13.8. The van der Waals surface area contributed by atoms with E-state index in [0.717, 1.165) is 17.7 Å². The number of amides is 1. The fourth-order valence-electron chi connectivity index (χ4n) is 2.82. The minimum absolute atomic E-state index is 0.223. The van der Waals surface area contributed by atoms with Gasteiger partial charge in [-0.1, -0.05) is 36.5 Å². The zero-order valence-electron chi connectivity index (χ0n) is 16.6. The molecule has 0 saturated heterocycles. The first-order valence-corrected chi connectivity index (χ1v) is 10.0. The third kappa shape index (κ3) is 5.58. The van der Waals surface area contributed by atoms with Gasteiger partial charge in [0.1, 0.15) is 5.01 Å². The van der Waals surface area contributed by atoms with E-state index < -0.39 is 0 Å². The fourth-order valence-corrected chi connectivity index (χ4v) is 3.64. The predicted octanol–water partition coefficient (Wildman–Crippen LogP) is 4.13. The minimum atomic E-state index is -0.389. The molecule has 1 aromatic heterocycles. The van der Waals surface area contributed by atoms with Crippen LogP contribution in [0.4, 0.5) is 10.1 Å². The van der Waals surface area contributed by atoms with Crippen molar-refractivity contribution in [1.82, 2.24) is 15.1 Å². The van der Waals surface area contributed by atoms with E-state index >= 15 is 0 Å². The molecule has 1 N–H and O–H groups in total. The summed E-state index contributed by atoms with van der Waals surface area (Å²) in [4.78, 5) is 14.4. The summed E-state index contributed by atoms with van der Waals surface area (Å²) >= 11 is 1.25. The van der Waals surface area contributed by atoms with Gasteiger partial charge in [-0.15, -0.1) is 10.2 Å². The van der Waals surface area contributed by atoms with E-state index in [1.807, 2.05) is 42.3 Å². The van der Waals surface area contributed by atoms with Gasteiger partial charge in [-0.2, -0.15) is 0 Å². The van der Waals surface area contributed by atoms with Crippen LogP contribution in [0.1, 0.15) is 32.9 Å². The molecule has 0 radical (unpaired) electrons. The average molecular weight is 415 g/mol. The lowest BCUT2D eigenvalue weighted by Gasteiger charge is -2.15. The quantitative estimate of drug-likeness (QED) is 0.600. The van der Waals surface area contributed by atoms with Crippen LogP contribution in [0.3, 0.4) is 0 Å². The van der Waals surface area contributed by atoms with Gasteiger partial charge in [-0.3, -0.25) is 9.69 Å². The number of hydrogen-bond donors (Lipinski definition) is 1. The van der Waals surface area contributed by atoms with E-state index in [1.54, 1.807) is 6.07 Å². The minimum Gasteiger partial charge on any atom is -0.494 e. The largest absolute Gasteiger partial charge is 0.494 e. The standard InChI is InChI=1S/C21H23FN4O2S/c1-4-14-5-8-16(9-6-14)23-20(27)21-25-24-19(29-21)13-26(2)12-15-7-10-18(28-3)17(22)11-15/h5-11H,4,12-13H2,1-3H3,(H,23,27). The second-order valence-corrected chi connectivity index (χ2v) is 7.71. The maximum absolute atomic E-state index is 13.8. The van der Waals surface area contributed by atoms with E-state index in [2.05, 4.69) is 22.4 Å². The number of rotatable bonds is 8. The highest BCUT2D eigenvalue weighted by Crippen LogP contribution is 2.20. The third-order valence-corrected chi connectivity index (χ3v) is 5.26. The Kier molecular flexibility index (Phi) is 6.90. The highest BCUT2D eigenvalue weighted by molar-refractivity contribution is 7.13. The second kappa shape index (κ2) is 9.58. The predicted molar refractivity (Wildman–Crippen MR) is 112 cm³/mol. The van der Waals surface area contributed by atoms with Crippen LogP contribution in [0.2, 0.25) is 0 Å². The molecule has 0 aliphatic rings. The Morgan fingerprint density at radius 1 is 1.14 bits per heavy atom. The van der Waals surface area contributed by atoms with Crippen LogP contribution < -0.4 is 10.1 Å².